The Hall–Kier alpha value is -2.05. The fourth-order valence-electron chi connectivity index (χ4n) is 4.37. The average molecular weight is 345 g/mol. The zero-order valence-corrected chi connectivity index (χ0v) is 14.7. The van der Waals surface area contributed by atoms with Crippen LogP contribution in [-0.2, 0) is 17.8 Å². The number of aromatic amines is 1. The number of hydrogen-bond acceptors (Lipinski definition) is 3. The highest BCUT2D eigenvalue weighted by Gasteiger charge is 2.33. The molecule has 7 nitrogen and oxygen atoms in total. The van der Waals surface area contributed by atoms with Gasteiger partial charge in [0.25, 0.3) is 0 Å². The summed E-state index contributed by atoms with van der Waals surface area (Å²) < 4.78 is 0. The maximum absolute atomic E-state index is 12.9. The molecule has 0 unspecified atom stereocenters. The number of carbonyl (C=O) groups excluding carboxylic acids is 2. The molecule has 0 aromatic carbocycles. The van der Waals surface area contributed by atoms with E-state index in [4.69, 9.17) is 0 Å². The predicted molar refractivity (Wildman–Crippen MR) is 92.8 cm³/mol. The van der Waals surface area contributed by atoms with Crippen LogP contribution in [0, 0.1) is 5.92 Å². The van der Waals surface area contributed by atoms with Crippen molar-refractivity contribution >= 4 is 11.9 Å². The summed E-state index contributed by atoms with van der Waals surface area (Å²) in [5.74, 6) is 0.113. The van der Waals surface area contributed by atoms with E-state index in [1.165, 1.54) is 12.8 Å². The van der Waals surface area contributed by atoms with E-state index in [-0.39, 0.29) is 17.9 Å². The number of aromatic nitrogens is 2. The number of rotatable bonds is 2. The summed E-state index contributed by atoms with van der Waals surface area (Å²) in [6, 6.07) is 0.338. The molecule has 2 fully saturated rings. The second-order valence-corrected chi connectivity index (χ2v) is 7.60. The lowest BCUT2D eigenvalue weighted by Crippen LogP contribution is -2.51. The Morgan fingerprint density at radius 3 is 2.80 bits per heavy atom. The monoisotopic (exact) mass is 345 g/mol. The van der Waals surface area contributed by atoms with E-state index in [0.717, 1.165) is 56.5 Å². The predicted octanol–water partition coefficient (Wildman–Crippen LogP) is 1.66. The third-order valence-corrected chi connectivity index (χ3v) is 5.85. The van der Waals surface area contributed by atoms with Gasteiger partial charge in [-0.15, -0.1) is 0 Å². The van der Waals surface area contributed by atoms with Gasteiger partial charge in [0.15, 0.2) is 0 Å². The van der Waals surface area contributed by atoms with Gasteiger partial charge in [0.05, 0.1) is 12.1 Å². The molecule has 1 aromatic rings. The van der Waals surface area contributed by atoms with E-state index in [1.807, 2.05) is 16.0 Å². The van der Waals surface area contributed by atoms with Crippen LogP contribution in [0.1, 0.15) is 49.8 Å². The molecule has 136 valence electrons. The normalized spacial score (nSPS) is 24.2. The van der Waals surface area contributed by atoms with E-state index in [9.17, 15) is 9.59 Å². The molecule has 4 rings (SSSR count). The molecule has 2 aliphatic heterocycles. The van der Waals surface area contributed by atoms with Crippen molar-refractivity contribution in [2.75, 3.05) is 19.6 Å². The minimum atomic E-state index is -0.0727. The number of nitrogens with zero attached hydrogens (tertiary/aromatic N) is 3. The van der Waals surface area contributed by atoms with Crippen LogP contribution in [0.2, 0.25) is 0 Å². The molecule has 3 aliphatic rings. The first kappa shape index (κ1) is 16.4. The lowest BCUT2D eigenvalue weighted by atomic mass is 9.95. The molecule has 25 heavy (non-hydrogen) atoms. The summed E-state index contributed by atoms with van der Waals surface area (Å²) in [5.41, 5.74) is 2.26. The van der Waals surface area contributed by atoms with Gasteiger partial charge < -0.3 is 15.1 Å². The maximum Gasteiger partial charge on any atom is 0.317 e. The molecule has 0 radical (unpaired) electrons. The Balaban J connectivity index is 1.34. The smallest absolute Gasteiger partial charge is 0.317 e. The number of piperidine rings is 1. The zero-order chi connectivity index (χ0) is 17.2. The van der Waals surface area contributed by atoms with Gasteiger partial charge in [0.1, 0.15) is 0 Å². The summed E-state index contributed by atoms with van der Waals surface area (Å²) in [6.45, 7) is 2.68. The van der Waals surface area contributed by atoms with Gasteiger partial charge in [0.2, 0.25) is 5.91 Å². The number of hydrogen-bond donors (Lipinski definition) is 2. The fraction of sp³-hybridized carbons (Fsp3) is 0.722. The molecule has 3 amide bonds. The largest absolute Gasteiger partial charge is 0.338 e. The van der Waals surface area contributed by atoms with Crippen LogP contribution < -0.4 is 5.32 Å². The molecule has 1 saturated heterocycles. The molecular formula is C18H27N5O2. The molecule has 1 aliphatic carbocycles. The second-order valence-electron chi connectivity index (χ2n) is 7.60. The van der Waals surface area contributed by atoms with E-state index >= 15 is 0 Å². The molecular weight excluding hydrogens is 318 g/mol. The van der Waals surface area contributed by atoms with Crippen molar-refractivity contribution in [3.8, 4) is 0 Å². The topological polar surface area (TPSA) is 81.3 Å². The average Bonchev–Trinajstić information content (AvgIpc) is 3.32. The summed E-state index contributed by atoms with van der Waals surface area (Å²) in [5, 5.41) is 10.2. The molecule has 3 heterocycles. The number of H-pyrrole nitrogens is 1. The number of amides is 3. The van der Waals surface area contributed by atoms with Gasteiger partial charge in [0, 0.05) is 49.9 Å². The van der Waals surface area contributed by atoms with Crippen LogP contribution in [0.5, 0.6) is 0 Å². The number of nitrogens with one attached hydrogen (secondary N) is 2. The summed E-state index contributed by atoms with van der Waals surface area (Å²) in [6.07, 6.45) is 9.01. The fourth-order valence-corrected chi connectivity index (χ4v) is 4.37. The summed E-state index contributed by atoms with van der Waals surface area (Å²) in [7, 11) is 0. The first-order valence-corrected chi connectivity index (χ1v) is 9.56. The van der Waals surface area contributed by atoms with Crippen LogP contribution in [-0.4, -0.2) is 57.6 Å². The SMILES string of the molecule is O=C(NC1CCCC1)N1CCC[C@@H](C(=O)N2CCc3[nH]ncc3C2)C1. The lowest BCUT2D eigenvalue weighted by Gasteiger charge is -2.36. The molecule has 0 bridgehead atoms. The summed E-state index contributed by atoms with van der Waals surface area (Å²) in [4.78, 5) is 29.2. The number of likely N-dealkylation sites (tertiary alicyclic amines) is 1. The first-order chi connectivity index (χ1) is 12.2. The minimum Gasteiger partial charge on any atom is -0.338 e. The van der Waals surface area contributed by atoms with Crippen LogP contribution in [0.3, 0.4) is 0 Å². The van der Waals surface area contributed by atoms with Crippen molar-refractivity contribution in [2.24, 2.45) is 5.92 Å². The molecule has 2 N–H and O–H groups in total. The van der Waals surface area contributed by atoms with Gasteiger partial charge in [-0.05, 0) is 25.7 Å². The Kier molecular flexibility index (Phi) is 4.63. The van der Waals surface area contributed by atoms with E-state index in [1.54, 1.807) is 0 Å². The quantitative estimate of drug-likeness (QED) is 0.855. The highest BCUT2D eigenvalue weighted by molar-refractivity contribution is 5.81. The minimum absolute atomic E-state index is 0.0140. The molecule has 1 aromatic heterocycles. The molecule has 1 atom stereocenters. The number of carbonyl (C=O) groups is 2. The number of urea groups is 1. The van der Waals surface area contributed by atoms with Crippen molar-refractivity contribution in [1.82, 2.24) is 25.3 Å². The summed E-state index contributed by atoms with van der Waals surface area (Å²) >= 11 is 0. The van der Waals surface area contributed by atoms with Crippen molar-refractivity contribution in [3.63, 3.8) is 0 Å². The molecule has 0 spiro atoms. The van der Waals surface area contributed by atoms with Crippen molar-refractivity contribution < 1.29 is 9.59 Å². The van der Waals surface area contributed by atoms with Crippen molar-refractivity contribution in [1.29, 1.82) is 0 Å². The van der Waals surface area contributed by atoms with Gasteiger partial charge >= 0.3 is 6.03 Å². The highest BCUT2D eigenvalue weighted by Crippen LogP contribution is 2.24. The standard InChI is InChI=1S/C18H27N5O2/c24-17(22-9-7-16-14(12-22)10-19-21-16)13-4-3-8-23(11-13)18(25)20-15-5-1-2-6-15/h10,13,15H,1-9,11-12H2,(H,19,21)(H,20,25)/t13-/m1/s1. The highest BCUT2D eigenvalue weighted by atomic mass is 16.2. The zero-order valence-electron chi connectivity index (χ0n) is 14.7. The Labute approximate surface area is 148 Å². The van der Waals surface area contributed by atoms with Gasteiger partial charge in [-0.3, -0.25) is 9.89 Å². The third kappa shape index (κ3) is 3.50. The molecule has 7 heteroatoms. The van der Waals surface area contributed by atoms with Crippen LogP contribution in [0.4, 0.5) is 4.79 Å². The second kappa shape index (κ2) is 7.06. The Morgan fingerprint density at radius 2 is 1.96 bits per heavy atom. The number of fused-ring (bicyclic) bond motifs is 1. The van der Waals surface area contributed by atoms with Gasteiger partial charge in [-0.1, -0.05) is 12.8 Å². The van der Waals surface area contributed by atoms with Gasteiger partial charge in [-0.25, -0.2) is 4.79 Å². The third-order valence-electron chi connectivity index (χ3n) is 5.85. The Bertz CT molecular complexity index is 637. The van der Waals surface area contributed by atoms with Crippen LogP contribution >= 0.6 is 0 Å². The van der Waals surface area contributed by atoms with Crippen LogP contribution in [0.25, 0.3) is 0 Å². The van der Waals surface area contributed by atoms with Crippen molar-refractivity contribution in [3.05, 3.63) is 17.5 Å². The van der Waals surface area contributed by atoms with Crippen molar-refractivity contribution in [2.45, 2.75) is 57.5 Å². The van der Waals surface area contributed by atoms with Gasteiger partial charge in [-0.2, -0.15) is 5.10 Å². The maximum atomic E-state index is 12.9. The van der Waals surface area contributed by atoms with E-state index < -0.39 is 0 Å². The van der Waals surface area contributed by atoms with E-state index in [2.05, 4.69) is 15.5 Å². The Morgan fingerprint density at radius 1 is 1.12 bits per heavy atom. The first-order valence-electron chi connectivity index (χ1n) is 9.56. The van der Waals surface area contributed by atoms with E-state index in [0.29, 0.717) is 19.1 Å². The molecule has 1 saturated carbocycles. The van der Waals surface area contributed by atoms with Crippen LogP contribution in [0.15, 0.2) is 6.20 Å². The lowest BCUT2D eigenvalue weighted by molar-refractivity contribution is -0.137.